The molecule has 0 unspecified atom stereocenters. The summed E-state index contributed by atoms with van der Waals surface area (Å²) in [6, 6.07) is 9.13. The predicted octanol–water partition coefficient (Wildman–Crippen LogP) is 3.74. The number of carbonyl (C=O) groups is 1. The first-order valence-electron chi connectivity index (χ1n) is 7.55. The number of rotatable bonds is 4. The molecule has 0 aliphatic heterocycles. The lowest BCUT2D eigenvalue weighted by Gasteiger charge is -2.15. The van der Waals surface area contributed by atoms with E-state index in [1.54, 1.807) is 37.2 Å². The first-order chi connectivity index (χ1) is 10.8. The Morgan fingerprint density at radius 1 is 1.04 bits per heavy atom. The molecule has 122 valence electrons. The molecule has 0 atom stereocenters. The van der Waals surface area contributed by atoms with Crippen molar-refractivity contribution in [3.8, 4) is 17.2 Å². The Morgan fingerprint density at radius 2 is 1.65 bits per heavy atom. The van der Waals surface area contributed by atoms with E-state index in [9.17, 15) is 9.90 Å². The van der Waals surface area contributed by atoms with E-state index in [1.165, 1.54) is 0 Å². The topological polar surface area (TPSA) is 49.8 Å². The van der Waals surface area contributed by atoms with Crippen molar-refractivity contribution in [2.24, 2.45) is 0 Å². The van der Waals surface area contributed by atoms with Crippen LogP contribution < -0.4 is 4.74 Å². The first-order valence-corrected chi connectivity index (χ1v) is 7.55. The predicted molar refractivity (Wildman–Crippen MR) is 91.2 cm³/mol. The highest BCUT2D eigenvalue weighted by Gasteiger charge is 2.12. The zero-order valence-electron chi connectivity index (χ0n) is 14.3. The number of benzene rings is 2. The van der Waals surface area contributed by atoms with Crippen LogP contribution in [0.4, 0.5) is 0 Å². The van der Waals surface area contributed by atoms with E-state index in [1.807, 2.05) is 32.9 Å². The highest BCUT2D eigenvalue weighted by atomic mass is 16.5. The monoisotopic (exact) mass is 313 g/mol. The van der Waals surface area contributed by atoms with Crippen LogP contribution in [0.15, 0.2) is 30.3 Å². The fourth-order valence-corrected chi connectivity index (χ4v) is 2.45. The molecule has 0 bridgehead atoms. The van der Waals surface area contributed by atoms with Crippen LogP contribution >= 0.6 is 0 Å². The summed E-state index contributed by atoms with van der Waals surface area (Å²) >= 11 is 0. The van der Waals surface area contributed by atoms with Gasteiger partial charge in [-0.2, -0.15) is 0 Å². The van der Waals surface area contributed by atoms with Crippen molar-refractivity contribution in [3.05, 3.63) is 52.6 Å². The number of amides is 1. The Morgan fingerprint density at radius 3 is 2.17 bits per heavy atom. The molecule has 0 fully saturated rings. The number of hydrogen-bond donors (Lipinski definition) is 1. The number of ether oxygens (including phenoxy) is 1. The Labute approximate surface area is 137 Å². The zero-order chi connectivity index (χ0) is 17.1. The van der Waals surface area contributed by atoms with Crippen LogP contribution in [0.3, 0.4) is 0 Å². The van der Waals surface area contributed by atoms with E-state index < -0.39 is 0 Å². The van der Waals surface area contributed by atoms with E-state index in [-0.39, 0.29) is 11.7 Å². The van der Waals surface area contributed by atoms with Gasteiger partial charge in [0.25, 0.3) is 0 Å². The number of phenols is 1. The van der Waals surface area contributed by atoms with Gasteiger partial charge in [0.1, 0.15) is 17.2 Å². The average molecular weight is 313 g/mol. The van der Waals surface area contributed by atoms with Gasteiger partial charge in [-0.1, -0.05) is 12.1 Å². The molecule has 2 aromatic carbocycles. The number of phenolic OH excluding ortho intramolecular Hbond substituents is 1. The second-order valence-corrected chi connectivity index (χ2v) is 6.07. The standard InChI is InChI=1S/C19H23NO3/c1-12-10-16(6-7-17(12)21)23-19-13(2)8-15(9-14(19)3)11-18(22)20(4)5/h6-10,21H,11H2,1-5H3. The minimum absolute atomic E-state index is 0.0756. The lowest BCUT2D eigenvalue weighted by Crippen LogP contribution is -2.23. The van der Waals surface area contributed by atoms with Crippen LogP contribution in [0.2, 0.25) is 0 Å². The van der Waals surface area contributed by atoms with E-state index in [0.717, 1.165) is 28.0 Å². The highest BCUT2D eigenvalue weighted by molar-refractivity contribution is 5.78. The summed E-state index contributed by atoms with van der Waals surface area (Å²) in [5, 5.41) is 9.59. The molecule has 0 radical (unpaired) electrons. The number of carbonyl (C=O) groups excluding carboxylic acids is 1. The fourth-order valence-electron chi connectivity index (χ4n) is 2.45. The van der Waals surface area contributed by atoms with Gasteiger partial charge >= 0.3 is 0 Å². The highest BCUT2D eigenvalue weighted by Crippen LogP contribution is 2.32. The fraction of sp³-hybridized carbons (Fsp3) is 0.316. The molecule has 0 saturated heterocycles. The lowest BCUT2D eigenvalue weighted by molar-refractivity contribution is -0.127. The van der Waals surface area contributed by atoms with E-state index in [0.29, 0.717) is 12.2 Å². The quantitative estimate of drug-likeness (QED) is 0.935. The third-order valence-corrected chi connectivity index (χ3v) is 3.76. The van der Waals surface area contributed by atoms with E-state index in [2.05, 4.69) is 0 Å². The van der Waals surface area contributed by atoms with Crippen molar-refractivity contribution < 1.29 is 14.6 Å². The van der Waals surface area contributed by atoms with Crippen molar-refractivity contribution in [1.29, 1.82) is 0 Å². The largest absolute Gasteiger partial charge is 0.508 e. The Hall–Kier alpha value is -2.49. The molecule has 0 spiro atoms. The number of nitrogens with zero attached hydrogens (tertiary/aromatic N) is 1. The number of hydrogen-bond acceptors (Lipinski definition) is 3. The summed E-state index contributed by atoms with van der Waals surface area (Å²) in [6.07, 6.45) is 0.382. The van der Waals surface area contributed by atoms with Crippen LogP contribution in [-0.2, 0) is 11.2 Å². The van der Waals surface area contributed by atoms with Gasteiger partial charge < -0.3 is 14.7 Å². The molecule has 1 amide bonds. The van der Waals surface area contributed by atoms with Crippen molar-refractivity contribution in [1.82, 2.24) is 4.90 Å². The molecule has 0 aliphatic carbocycles. The van der Waals surface area contributed by atoms with Crippen LogP contribution in [0.5, 0.6) is 17.2 Å². The summed E-state index contributed by atoms with van der Waals surface area (Å²) in [5.74, 6) is 1.80. The third kappa shape index (κ3) is 4.03. The third-order valence-electron chi connectivity index (χ3n) is 3.76. The maximum absolute atomic E-state index is 11.9. The molecule has 1 N–H and O–H groups in total. The van der Waals surface area contributed by atoms with Crippen molar-refractivity contribution >= 4 is 5.91 Å². The Balaban J connectivity index is 2.26. The minimum atomic E-state index is 0.0756. The van der Waals surface area contributed by atoms with Gasteiger partial charge in [0, 0.05) is 14.1 Å². The normalized spacial score (nSPS) is 10.5. The molecule has 0 heterocycles. The van der Waals surface area contributed by atoms with E-state index >= 15 is 0 Å². The minimum Gasteiger partial charge on any atom is -0.508 e. The van der Waals surface area contributed by atoms with Crippen molar-refractivity contribution in [2.75, 3.05) is 14.1 Å². The number of aryl methyl sites for hydroxylation is 3. The van der Waals surface area contributed by atoms with Crippen LogP contribution in [-0.4, -0.2) is 30.0 Å². The summed E-state index contributed by atoms with van der Waals surface area (Å²) in [5.41, 5.74) is 3.72. The molecule has 0 aliphatic rings. The summed E-state index contributed by atoms with van der Waals surface area (Å²) in [4.78, 5) is 13.4. The molecule has 2 aromatic rings. The SMILES string of the molecule is Cc1cc(Oc2c(C)cc(CC(=O)N(C)C)cc2C)ccc1O. The maximum Gasteiger partial charge on any atom is 0.226 e. The Bertz CT molecular complexity index is 712. The molecule has 2 rings (SSSR count). The van der Waals surface area contributed by atoms with Gasteiger partial charge in [-0.15, -0.1) is 0 Å². The lowest BCUT2D eigenvalue weighted by atomic mass is 10.0. The van der Waals surface area contributed by atoms with Crippen molar-refractivity contribution in [2.45, 2.75) is 27.2 Å². The summed E-state index contributed by atoms with van der Waals surface area (Å²) in [6.45, 7) is 5.77. The molecule has 0 saturated carbocycles. The van der Waals surface area contributed by atoms with Gasteiger partial charge in [0.05, 0.1) is 6.42 Å². The van der Waals surface area contributed by atoms with Gasteiger partial charge in [0.2, 0.25) is 5.91 Å². The molecule has 0 aromatic heterocycles. The molecular formula is C19H23NO3. The first kappa shape index (κ1) is 16.9. The molecular weight excluding hydrogens is 290 g/mol. The Kier molecular flexibility index (Phi) is 4.94. The average Bonchev–Trinajstić information content (AvgIpc) is 2.46. The van der Waals surface area contributed by atoms with Gasteiger partial charge in [0.15, 0.2) is 0 Å². The van der Waals surface area contributed by atoms with Crippen molar-refractivity contribution in [3.63, 3.8) is 0 Å². The maximum atomic E-state index is 11.9. The van der Waals surface area contributed by atoms with Gasteiger partial charge in [-0.3, -0.25) is 4.79 Å². The molecule has 4 heteroatoms. The van der Waals surface area contributed by atoms with E-state index in [4.69, 9.17) is 4.74 Å². The number of aromatic hydroxyl groups is 1. The smallest absolute Gasteiger partial charge is 0.226 e. The molecule has 23 heavy (non-hydrogen) atoms. The number of likely N-dealkylation sites (N-methyl/N-ethyl adjacent to an activating group) is 1. The van der Waals surface area contributed by atoms with Crippen LogP contribution in [0.1, 0.15) is 22.3 Å². The van der Waals surface area contributed by atoms with Gasteiger partial charge in [-0.05, 0) is 61.2 Å². The molecule has 4 nitrogen and oxygen atoms in total. The van der Waals surface area contributed by atoms with Crippen LogP contribution in [0, 0.1) is 20.8 Å². The summed E-state index contributed by atoms with van der Waals surface area (Å²) < 4.78 is 5.98. The zero-order valence-corrected chi connectivity index (χ0v) is 14.3. The van der Waals surface area contributed by atoms with Gasteiger partial charge in [-0.25, -0.2) is 0 Å². The summed E-state index contributed by atoms with van der Waals surface area (Å²) in [7, 11) is 3.51. The second-order valence-electron chi connectivity index (χ2n) is 6.07. The van der Waals surface area contributed by atoms with Crippen LogP contribution in [0.25, 0.3) is 0 Å². The second kappa shape index (κ2) is 6.73.